The summed E-state index contributed by atoms with van der Waals surface area (Å²) < 4.78 is 49.7. The van der Waals surface area contributed by atoms with Crippen LogP contribution in [0, 0.1) is 6.92 Å². The fourth-order valence-corrected chi connectivity index (χ4v) is 3.49. The molecule has 0 amide bonds. The normalized spacial score (nSPS) is 11.4. The maximum absolute atomic E-state index is 13.9. The molecule has 0 spiro atoms. The van der Waals surface area contributed by atoms with E-state index >= 15 is 0 Å². The molecule has 4 aromatic rings. The molecule has 0 saturated heterocycles. The zero-order valence-corrected chi connectivity index (χ0v) is 18.1. The fraction of sp³-hybridized carbons (Fsp3) is 0.174. The van der Waals surface area contributed by atoms with Crippen LogP contribution in [-0.2, 0) is 13.2 Å². The number of alkyl halides is 3. The number of ketones is 2. The molecular formula is C23H18F3N5O3. The van der Waals surface area contributed by atoms with Crippen molar-refractivity contribution < 1.29 is 27.5 Å². The summed E-state index contributed by atoms with van der Waals surface area (Å²) in [6.45, 7) is 1.07. The summed E-state index contributed by atoms with van der Waals surface area (Å²) in [5.41, 5.74) is -1.20. The number of carbonyl (C=O) groups excluding carboxylic acids is 2. The predicted octanol–water partition coefficient (Wildman–Crippen LogP) is 3.82. The average molecular weight is 469 g/mol. The molecule has 4 rings (SSSR count). The third-order valence-corrected chi connectivity index (χ3v) is 5.07. The highest BCUT2D eigenvalue weighted by Crippen LogP contribution is 2.36. The number of carbonyl (C=O) groups is 2. The Kier molecular flexibility index (Phi) is 6.01. The first kappa shape index (κ1) is 22.9. The molecule has 2 aromatic heterocycles. The minimum atomic E-state index is -4.82. The maximum atomic E-state index is 13.9. The van der Waals surface area contributed by atoms with Crippen molar-refractivity contribution in [3.05, 3.63) is 89.1 Å². The largest absolute Gasteiger partial charge is 0.469 e. The Hall–Kier alpha value is -4.28. The van der Waals surface area contributed by atoms with Gasteiger partial charge in [-0.3, -0.25) is 9.59 Å². The first-order valence-electron chi connectivity index (χ1n) is 10.0. The standard InChI is InChI=1S/C23H18F3N5O3/c1-14-20(22(30(2)29-14)34-11-19(32)15-6-4-3-5-7-15)21(33)17-9-8-16(31-13-27-12-28-31)10-18(17)23(24,25)26/h3-10,12-13H,11H2,1-2H3. The van der Waals surface area contributed by atoms with Crippen LogP contribution in [0.5, 0.6) is 5.88 Å². The number of hydrogen-bond donors (Lipinski definition) is 0. The summed E-state index contributed by atoms with van der Waals surface area (Å²) in [6.07, 6.45) is -2.38. The van der Waals surface area contributed by atoms with Crippen molar-refractivity contribution in [1.82, 2.24) is 24.5 Å². The van der Waals surface area contributed by atoms with Crippen LogP contribution in [-0.4, -0.2) is 42.7 Å². The van der Waals surface area contributed by atoms with Gasteiger partial charge in [-0.15, -0.1) is 0 Å². The van der Waals surface area contributed by atoms with E-state index in [9.17, 15) is 22.8 Å². The minimum Gasteiger partial charge on any atom is -0.469 e. The zero-order valence-electron chi connectivity index (χ0n) is 18.1. The molecule has 174 valence electrons. The predicted molar refractivity (Wildman–Crippen MR) is 114 cm³/mol. The molecule has 2 heterocycles. The van der Waals surface area contributed by atoms with E-state index in [-0.39, 0.29) is 28.6 Å². The van der Waals surface area contributed by atoms with Gasteiger partial charge in [0.1, 0.15) is 18.2 Å². The van der Waals surface area contributed by atoms with E-state index in [1.54, 1.807) is 30.3 Å². The van der Waals surface area contributed by atoms with Gasteiger partial charge in [0.05, 0.1) is 16.9 Å². The molecule has 0 saturated carbocycles. The molecule has 0 aliphatic carbocycles. The lowest BCUT2D eigenvalue weighted by Crippen LogP contribution is -2.17. The van der Waals surface area contributed by atoms with Gasteiger partial charge >= 0.3 is 6.18 Å². The number of rotatable bonds is 7. The number of halogens is 3. The van der Waals surface area contributed by atoms with Gasteiger partial charge in [-0.2, -0.15) is 23.4 Å². The van der Waals surface area contributed by atoms with Crippen molar-refractivity contribution in [1.29, 1.82) is 0 Å². The second kappa shape index (κ2) is 8.93. The summed E-state index contributed by atoms with van der Waals surface area (Å²) in [5, 5.41) is 7.94. The third kappa shape index (κ3) is 4.45. The van der Waals surface area contributed by atoms with Gasteiger partial charge in [0.25, 0.3) is 0 Å². The quantitative estimate of drug-likeness (QED) is 0.382. The molecule has 34 heavy (non-hydrogen) atoms. The number of benzene rings is 2. The van der Waals surface area contributed by atoms with E-state index in [1.165, 1.54) is 37.4 Å². The molecule has 0 bridgehead atoms. The van der Waals surface area contributed by atoms with Gasteiger partial charge in [-0.1, -0.05) is 30.3 Å². The topological polar surface area (TPSA) is 91.9 Å². The number of aryl methyl sites for hydroxylation is 2. The second-order valence-corrected chi connectivity index (χ2v) is 7.36. The van der Waals surface area contributed by atoms with Gasteiger partial charge < -0.3 is 4.74 Å². The van der Waals surface area contributed by atoms with Crippen molar-refractivity contribution in [2.75, 3.05) is 6.61 Å². The van der Waals surface area contributed by atoms with Crippen LogP contribution < -0.4 is 4.74 Å². The molecule has 0 aliphatic rings. The van der Waals surface area contributed by atoms with Gasteiger partial charge in [0, 0.05) is 18.2 Å². The van der Waals surface area contributed by atoms with Gasteiger partial charge in [0.2, 0.25) is 11.7 Å². The fourth-order valence-electron chi connectivity index (χ4n) is 3.49. The van der Waals surface area contributed by atoms with E-state index in [4.69, 9.17) is 4.74 Å². The molecule has 2 aromatic carbocycles. The lowest BCUT2D eigenvalue weighted by molar-refractivity contribution is -0.137. The van der Waals surface area contributed by atoms with E-state index in [2.05, 4.69) is 15.2 Å². The van der Waals surface area contributed by atoms with Crippen LogP contribution in [0.4, 0.5) is 13.2 Å². The minimum absolute atomic E-state index is 0.0919. The molecular weight excluding hydrogens is 451 g/mol. The Bertz CT molecular complexity index is 1350. The van der Waals surface area contributed by atoms with Crippen LogP contribution >= 0.6 is 0 Å². The smallest absolute Gasteiger partial charge is 0.417 e. The van der Waals surface area contributed by atoms with Crippen molar-refractivity contribution in [2.45, 2.75) is 13.1 Å². The van der Waals surface area contributed by atoms with Gasteiger partial charge in [-0.05, 0) is 25.1 Å². The Balaban J connectivity index is 1.70. The lowest BCUT2D eigenvalue weighted by Gasteiger charge is -2.15. The van der Waals surface area contributed by atoms with E-state index in [0.29, 0.717) is 5.56 Å². The van der Waals surface area contributed by atoms with Crippen LogP contribution in [0.2, 0.25) is 0 Å². The van der Waals surface area contributed by atoms with Crippen molar-refractivity contribution in [3.8, 4) is 11.6 Å². The molecule has 11 heteroatoms. The Morgan fingerprint density at radius 2 is 1.82 bits per heavy atom. The Morgan fingerprint density at radius 3 is 2.47 bits per heavy atom. The van der Waals surface area contributed by atoms with E-state index < -0.39 is 29.7 Å². The highest BCUT2D eigenvalue weighted by molar-refractivity contribution is 6.12. The van der Waals surface area contributed by atoms with Crippen molar-refractivity contribution >= 4 is 11.6 Å². The molecule has 0 unspecified atom stereocenters. The first-order chi connectivity index (χ1) is 16.2. The Morgan fingerprint density at radius 1 is 1.09 bits per heavy atom. The van der Waals surface area contributed by atoms with Gasteiger partial charge in [0.15, 0.2) is 12.4 Å². The van der Waals surface area contributed by atoms with Crippen molar-refractivity contribution in [2.24, 2.45) is 7.05 Å². The van der Waals surface area contributed by atoms with Crippen LogP contribution in [0.3, 0.4) is 0 Å². The summed E-state index contributed by atoms with van der Waals surface area (Å²) >= 11 is 0. The number of nitrogens with zero attached hydrogens (tertiary/aromatic N) is 5. The molecule has 8 nitrogen and oxygen atoms in total. The number of hydrogen-bond acceptors (Lipinski definition) is 6. The summed E-state index contributed by atoms with van der Waals surface area (Å²) in [6, 6.07) is 11.6. The van der Waals surface area contributed by atoms with E-state index in [0.717, 1.165) is 16.8 Å². The number of aromatic nitrogens is 5. The van der Waals surface area contributed by atoms with Crippen molar-refractivity contribution in [3.63, 3.8) is 0 Å². The van der Waals surface area contributed by atoms with Gasteiger partial charge in [-0.25, -0.2) is 14.3 Å². The van der Waals surface area contributed by atoms with E-state index in [1.807, 2.05) is 0 Å². The average Bonchev–Trinajstić information content (AvgIpc) is 3.44. The molecule has 0 fully saturated rings. The van der Waals surface area contributed by atoms with Crippen LogP contribution in [0.15, 0.2) is 61.2 Å². The summed E-state index contributed by atoms with van der Waals surface area (Å²) in [7, 11) is 1.48. The zero-order chi connectivity index (χ0) is 24.5. The molecule has 0 N–H and O–H groups in total. The lowest BCUT2D eigenvalue weighted by atomic mass is 9.97. The highest BCUT2D eigenvalue weighted by Gasteiger charge is 2.37. The summed E-state index contributed by atoms with van der Waals surface area (Å²) in [4.78, 5) is 29.5. The monoisotopic (exact) mass is 469 g/mol. The SMILES string of the molecule is Cc1nn(C)c(OCC(=O)c2ccccc2)c1C(=O)c1ccc(-n2cncn2)cc1C(F)(F)F. The third-order valence-electron chi connectivity index (χ3n) is 5.07. The first-order valence-corrected chi connectivity index (χ1v) is 10.0. The molecule has 0 radical (unpaired) electrons. The number of Topliss-reactive ketones (excluding diaryl/α,β-unsaturated/α-hetero) is 1. The second-order valence-electron chi connectivity index (χ2n) is 7.36. The highest BCUT2D eigenvalue weighted by atomic mass is 19.4. The molecule has 0 aliphatic heterocycles. The molecule has 0 atom stereocenters. The maximum Gasteiger partial charge on any atom is 0.417 e. The Labute approximate surface area is 191 Å². The number of ether oxygens (including phenoxy) is 1. The van der Waals surface area contributed by atoms with Crippen LogP contribution in [0.25, 0.3) is 5.69 Å². The summed E-state index contributed by atoms with van der Waals surface area (Å²) in [5.74, 6) is -1.38. The van der Waals surface area contributed by atoms with Crippen LogP contribution in [0.1, 0.15) is 37.5 Å².